The van der Waals surface area contributed by atoms with Gasteiger partial charge in [-0.15, -0.1) is 0 Å². The van der Waals surface area contributed by atoms with Gasteiger partial charge in [0.2, 0.25) is 0 Å². The van der Waals surface area contributed by atoms with Crippen molar-refractivity contribution in [1.29, 1.82) is 0 Å². The molecule has 1 heterocycles. The van der Waals surface area contributed by atoms with Crippen molar-refractivity contribution < 1.29 is 0 Å². The molecule has 0 amide bonds. The van der Waals surface area contributed by atoms with Crippen molar-refractivity contribution in [2.45, 2.75) is 19.9 Å². The molecule has 2 aromatic rings. The molecule has 0 saturated carbocycles. The van der Waals surface area contributed by atoms with Crippen LogP contribution in [0.15, 0.2) is 36.5 Å². The van der Waals surface area contributed by atoms with E-state index in [1.807, 2.05) is 31.2 Å². The number of pyridine rings is 1. The molecule has 0 fully saturated rings. The highest BCUT2D eigenvalue weighted by Crippen LogP contribution is 2.27. The summed E-state index contributed by atoms with van der Waals surface area (Å²) in [4.78, 5) is 4.23. The van der Waals surface area contributed by atoms with Crippen LogP contribution in [0, 0.1) is 6.92 Å². The van der Waals surface area contributed by atoms with E-state index in [0.717, 1.165) is 28.3 Å². The molecule has 1 unspecified atom stereocenters. The standard InChI is InChI=1S/C15H18ClN3/c1-3-18-14(11-5-4-6-12(16)8-11)13-7-10(2)9-19-15(13)17/h4-9,14,18H,3H2,1-2H3,(H2,17,19). The van der Waals surface area contributed by atoms with E-state index in [2.05, 4.69) is 23.3 Å². The smallest absolute Gasteiger partial charge is 0.128 e. The molecule has 0 bridgehead atoms. The van der Waals surface area contributed by atoms with Gasteiger partial charge in [0.05, 0.1) is 6.04 Å². The van der Waals surface area contributed by atoms with Gasteiger partial charge < -0.3 is 11.1 Å². The molecule has 0 saturated heterocycles. The summed E-state index contributed by atoms with van der Waals surface area (Å²) in [5.74, 6) is 0.552. The molecule has 100 valence electrons. The Bertz CT molecular complexity index is 569. The van der Waals surface area contributed by atoms with E-state index in [9.17, 15) is 0 Å². The van der Waals surface area contributed by atoms with Gasteiger partial charge in [0.25, 0.3) is 0 Å². The molecule has 0 spiro atoms. The minimum atomic E-state index is 0.0103. The molecule has 0 aliphatic rings. The van der Waals surface area contributed by atoms with E-state index in [1.54, 1.807) is 6.20 Å². The molecule has 0 radical (unpaired) electrons. The van der Waals surface area contributed by atoms with Crippen molar-refractivity contribution >= 4 is 17.4 Å². The topological polar surface area (TPSA) is 50.9 Å². The Labute approximate surface area is 118 Å². The summed E-state index contributed by atoms with van der Waals surface area (Å²) in [5.41, 5.74) is 9.18. The van der Waals surface area contributed by atoms with Crippen molar-refractivity contribution in [1.82, 2.24) is 10.3 Å². The highest BCUT2D eigenvalue weighted by atomic mass is 35.5. The number of benzene rings is 1. The number of nitrogen functional groups attached to an aromatic ring is 1. The Kier molecular flexibility index (Phi) is 4.40. The maximum absolute atomic E-state index is 6.07. The lowest BCUT2D eigenvalue weighted by atomic mass is 9.98. The number of nitrogens with one attached hydrogen (secondary N) is 1. The summed E-state index contributed by atoms with van der Waals surface area (Å²) in [7, 11) is 0. The van der Waals surface area contributed by atoms with Crippen LogP contribution < -0.4 is 11.1 Å². The first-order chi connectivity index (χ1) is 9.11. The fourth-order valence-electron chi connectivity index (χ4n) is 2.13. The third kappa shape index (κ3) is 3.25. The first-order valence-corrected chi connectivity index (χ1v) is 6.70. The largest absolute Gasteiger partial charge is 0.383 e. The maximum Gasteiger partial charge on any atom is 0.128 e. The minimum absolute atomic E-state index is 0.0103. The quantitative estimate of drug-likeness (QED) is 0.900. The average Bonchev–Trinajstić information content (AvgIpc) is 2.39. The van der Waals surface area contributed by atoms with Crippen molar-refractivity contribution in [3.63, 3.8) is 0 Å². The molecule has 0 aliphatic carbocycles. The van der Waals surface area contributed by atoms with Gasteiger partial charge in [0, 0.05) is 16.8 Å². The molecule has 3 N–H and O–H groups in total. The normalized spacial score (nSPS) is 12.4. The van der Waals surface area contributed by atoms with Crippen LogP contribution in [-0.4, -0.2) is 11.5 Å². The van der Waals surface area contributed by atoms with Crippen molar-refractivity contribution in [2.24, 2.45) is 0 Å². The van der Waals surface area contributed by atoms with Crippen molar-refractivity contribution in [3.8, 4) is 0 Å². The summed E-state index contributed by atoms with van der Waals surface area (Å²) >= 11 is 6.07. The maximum atomic E-state index is 6.07. The lowest BCUT2D eigenvalue weighted by Gasteiger charge is -2.20. The highest BCUT2D eigenvalue weighted by molar-refractivity contribution is 6.30. The number of hydrogen-bond donors (Lipinski definition) is 2. The molecular formula is C15H18ClN3. The lowest BCUT2D eigenvalue weighted by Crippen LogP contribution is -2.23. The molecule has 2 rings (SSSR count). The molecule has 1 aromatic heterocycles. The third-order valence-corrected chi connectivity index (χ3v) is 3.22. The summed E-state index contributed by atoms with van der Waals surface area (Å²) in [5, 5.41) is 4.15. The Morgan fingerprint density at radius 1 is 1.37 bits per heavy atom. The zero-order chi connectivity index (χ0) is 13.8. The van der Waals surface area contributed by atoms with E-state index in [1.165, 1.54) is 0 Å². The fraction of sp³-hybridized carbons (Fsp3) is 0.267. The summed E-state index contributed by atoms with van der Waals surface area (Å²) in [6, 6.07) is 9.89. The number of rotatable bonds is 4. The number of hydrogen-bond acceptors (Lipinski definition) is 3. The zero-order valence-corrected chi connectivity index (χ0v) is 11.9. The zero-order valence-electron chi connectivity index (χ0n) is 11.2. The SMILES string of the molecule is CCNC(c1cccc(Cl)c1)c1cc(C)cnc1N. The van der Waals surface area contributed by atoms with Gasteiger partial charge in [-0.25, -0.2) is 4.98 Å². The number of nitrogens with two attached hydrogens (primary N) is 1. The van der Waals surface area contributed by atoms with E-state index in [0.29, 0.717) is 5.82 Å². The highest BCUT2D eigenvalue weighted by Gasteiger charge is 2.16. The van der Waals surface area contributed by atoms with E-state index in [4.69, 9.17) is 17.3 Å². The minimum Gasteiger partial charge on any atom is -0.383 e. The second-order valence-corrected chi connectivity index (χ2v) is 4.97. The van der Waals surface area contributed by atoms with Gasteiger partial charge in [-0.3, -0.25) is 0 Å². The van der Waals surface area contributed by atoms with E-state index >= 15 is 0 Å². The number of aryl methyl sites for hydroxylation is 1. The molecular weight excluding hydrogens is 258 g/mol. The van der Waals surface area contributed by atoms with Gasteiger partial charge >= 0.3 is 0 Å². The summed E-state index contributed by atoms with van der Waals surface area (Å²) in [6.45, 7) is 4.92. The van der Waals surface area contributed by atoms with Crippen molar-refractivity contribution in [3.05, 3.63) is 58.2 Å². The number of halogens is 1. The molecule has 3 nitrogen and oxygen atoms in total. The van der Waals surface area contributed by atoms with Gasteiger partial charge in [-0.1, -0.05) is 30.7 Å². The Hall–Kier alpha value is -1.58. The van der Waals surface area contributed by atoms with E-state index in [-0.39, 0.29) is 6.04 Å². The van der Waals surface area contributed by atoms with Crippen LogP contribution in [-0.2, 0) is 0 Å². The van der Waals surface area contributed by atoms with Crippen LogP contribution in [0.4, 0.5) is 5.82 Å². The Morgan fingerprint density at radius 3 is 2.84 bits per heavy atom. The number of aromatic nitrogens is 1. The van der Waals surface area contributed by atoms with Crippen LogP contribution in [0.3, 0.4) is 0 Å². The first kappa shape index (κ1) is 13.8. The van der Waals surface area contributed by atoms with Gasteiger partial charge in [0.1, 0.15) is 5.82 Å². The van der Waals surface area contributed by atoms with Crippen LogP contribution in [0.2, 0.25) is 5.02 Å². The summed E-state index contributed by atoms with van der Waals surface area (Å²) in [6.07, 6.45) is 1.78. The van der Waals surface area contributed by atoms with Gasteiger partial charge in [0.15, 0.2) is 0 Å². The second-order valence-electron chi connectivity index (χ2n) is 4.53. The van der Waals surface area contributed by atoms with Crippen LogP contribution in [0.25, 0.3) is 0 Å². The number of anilines is 1. The van der Waals surface area contributed by atoms with Crippen LogP contribution in [0.5, 0.6) is 0 Å². The molecule has 1 aromatic carbocycles. The van der Waals surface area contributed by atoms with Gasteiger partial charge in [-0.05, 0) is 42.8 Å². The van der Waals surface area contributed by atoms with E-state index < -0.39 is 0 Å². The predicted octanol–water partition coefficient (Wildman–Crippen LogP) is 3.32. The van der Waals surface area contributed by atoms with Crippen LogP contribution in [0.1, 0.15) is 29.7 Å². The molecule has 19 heavy (non-hydrogen) atoms. The monoisotopic (exact) mass is 275 g/mol. The summed E-state index contributed by atoms with van der Waals surface area (Å²) < 4.78 is 0. The Morgan fingerprint density at radius 2 is 2.16 bits per heavy atom. The van der Waals surface area contributed by atoms with Crippen LogP contribution >= 0.6 is 11.6 Å². The predicted molar refractivity (Wildman–Crippen MR) is 80.4 cm³/mol. The molecule has 4 heteroatoms. The van der Waals surface area contributed by atoms with Gasteiger partial charge in [-0.2, -0.15) is 0 Å². The van der Waals surface area contributed by atoms with Crippen molar-refractivity contribution in [2.75, 3.05) is 12.3 Å². The lowest BCUT2D eigenvalue weighted by molar-refractivity contribution is 0.630. The molecule has 0 aliphatic heterocycles. The second kappa shape index (κ2) is 6.04. The Balaban J connectivity index is 2.48. The average molecular weight is 276 g/mol. The number of nitrogens with zero attached hydrogens (tertiary/aromatic N) is 1. The molecule has 1 atom stereocenters. The fourth-order valence-corrected chi connectivity index (χ4v) is 2.33. The first-order valence-electron chi connectivity index (χ1n) is 6.32. The third-order valence-electron chi connectivity index (χ3n) is 2.99.